The maximum Gasteiger partial charge on any atom is 0.273 e. The highest BCUT2D eigenvalue weighted by Gasteiger charge is 2.33. The maximum atomic E-state index is 12.5. The number of hydrogen-bond acceptors (Lipinski definition) is 5. The SMILES string of the molecule is CC1CN(Cc2cccc3[nH]ncc23)CC1NC(=O)c1cc(C2CC2)on1. The molecule has 2 aromatic heterocycles. The molecule has 2 atom stereocenters. The molecule has 140 valence electrons. The van der Waals surface area contributed by atoms with Crippen molar-refractivity contribution < 1.29 is 9.32 Å². The van der Waals surface area contributed by atoms with E-state index in [0.717, 1.165) is 49.1 Å². The minimum Gasteiger partial charge on any atom is -0.360 e. The fraction of sp³-hybridized carbons (Fsp3) is 0.450. The topological polar surface area (TPSA) is 87.0 Å². The van der Waals surface area contributed by atoms with Gasteiger partial charge >= 0.3 is 0 Å². The molecule has 1 aromatic carbocycles. The summed E-state index contributed by atoms with van der Waals surface area (Å²) in [7, 11) is 0. The Morgan fingerprint density at radius 3 is 3.11 bits per heavy atom. The first-order chi connectivity index (χ1) is 13.2. The molecule has 2 aliphatic rings. The van der Waals surface area contributed by atoms with Crippen LogP contribution >= 0.6 is 0 Å². The summed E-state index contributed by atoms with van der Waals surface area (Å²) in [5.41, 5.74) is 2.71. The van der Waals surface area contributed by atoms with Gasteiger partial charge in [-0.25, -0.2) is 0 Å². The summed E-state index contributed by atoms with van der Waals surface area (Å²) in [5.74, 6) is 1.55. The maximum absolute atomic E-state index is 12.5. The van der Waals surface area contributed by atoms with Gasteiger partial charge in [0.15, 0.2) is 5.69 Å². The number of fused-ring (bicyclic) bond motifs is 1. The molecule has 1 saturated carbocycles. The summed E-state index contributed by atoms with van der Waals surface area (Å²) in [4.78, 5) is 14.9. The smallest absolute Gasteiger partial charge is 0.273 e. The van der Waals surface area contributed by atoms with Gasteiger partial charge in [0.05, 0.1) is 11.7 Å². The van der Waals surface area contributed by atoms with Gasteiger partial charge in [-0.3, -0.25) is 14.8 Å². The van der Waals surface area contributed by atoms with Crippen molar-refractivity contribution >= 4 is 16.8 Å². The molecular weight excluding hydrogens is 342 g/mol. The van der Waals surface area contributed by atoms with E-state index < -0.39 is 0 Å². The molecule has 2 fully saturated rings. The van der Waals surface area contributed by atoms with Gasteiger partial charge in [-0.05, 0) is 30.4 Å². The van der Waals surface area contributed by atoms with E-state index in [-0.39, 0.29) is 11.9 Å². The normalized spacial score (nSPS) is 23.1. The predicted molar refractivity (Wildman–Crippen MR) is 100 cm³/mol. The zero-order valence-corrected chi connectivity index (χ0v) is 15.3. The first kappa shape index (κ1) is 16.5. The van der Waals surface area contributed by atoms with Gasteiger partial charge < -0.3 is 9.84 Å². The van der Waals surface area contributed by atoms with Crippen LogP contribution in [-0.4, -0.2) is 45.3 Å². The van der Waals surface area contributed by atoms with Crippen LogP contribution in [0.1, 0.15) is 47.5 Å². The number of carbonyl (C=O) groups excluding carboxylic acids is 1. The Morgan fingerprint density at radius 2 is 2.26 bits per heavy atom. The molecule has 27 heavy (non-hydrogen) atoms. The molecule has 0 spiro atoms. The average molecular weight is 365 g/mol. The third-order valence-electron chi connectivity index (χ3n) is 5.71. The third-order valence-corrected chi connectivity index (χ3v) is 5.71. The Bertz CT molecular complexity index is 974. The van der Waals surface area contributed by atoms with Gasteiger partial charge in [0, 0.05) is 43.0 Å². The molecule has 1 aliphatic heterocycles. The Hall–Kier alpha value is -2.67. The number of hydrogen-bond donors (Lipinski definition) is 2. The number of nitrogens with one attached hydrogen (secondary N) is 2. The van der Waals surface area contributed by atoms with E-state index in [2.05, 4.69) is 44.6 Å². The number of benzene rings is 1. The molecule has 0 bridgehead atoms. The van der Waals surface area contributed by atoms with E-state index in [0.29, 0.717) is 17.5 Å². The van der Waals surface area contributed by atoms with Crippen LogP contribution in [0.3, 0.4) is 0 Å². The molecule has 5 rings (SSSR count). The highest BCUT2D eigenvalue weighted by atomic mass is 16.5. The van der Waals surface area contributed by atoms with Crippen LogP contribution in [-0.2, 0) is 6.54 Å². The van der Waals surface area contributed by atoms with E-state index in [1.54, 1.807) is 6.07 Å². The van der Waals surface area contributed by atoms with Crippen molar-refractivity contribution in [2.45, 2.75) is 38.3 Å². The number of rotatable bonds is 5. The first-order valence-corrected chi connectivity index (χ1v) is 9.58. The number of likely N-dealkylation sites (tertiary alicyclic amines) is 1. The Balaban J connectivity index is 1.24. The van der Waals surface area contributed by atoms with E-state index in [1.165, 1.54) is 5.56 Å². The fourth-order valence-corrected chi connectivity index (χ4v) is 3.99. The van der Waals surface area contributed by atoms with Crippen molar-refractivity contribution in [1.82, 2.24) is 25.6 Å². The standard InChI is InChI=1S/C20H23N5O2/c1-12-9-25(10-14-3-2-4-16-15(14)8-21-23-16)11-18(12)22-20(26)17-7-19(27-24-17)13-5-6-13/h2-4,7-8,12-13,18H,5-6,9-11H2,1H3,(H,21,23)(H,22,26). The minimum absolute atomic E-state index is 0.113. The van der Waals surface area contributed by atoms with Gasteiger partial charge in [-0.15, -0.1) is 0 Å². The largest absolute Gasteiger partial charge is 0.360 e. The summed E-state index contributed by atoms with van der Waals surface area (Å²) in [6, 6.07) is 8.14. The van der Waals surface area contributed by atoms with E-state index in [4.69, 9.17) is 4.52 Å². The van der Waals surface area contributed by atoms with Crippen LogP contribution in [0.2, 0.25) is 0 Å². The van der Waals surface area contributed by atoms with Gasteiger partial charge in [-0.1, -0.05) is 24.2 Å². The Kier molecular flexibility index (Phi) is 3.97. The van der Waals surface area contributed by atoms with Crippen molar-refractivity contribution in [3.63, 3.8) is 0 Å². The first-order valence-electron chi connectivity index (χ1n) is 9.58. The van der Waals surface area contributed by atoms with Gasteiger partial charge in [0.1, 0.15) is 5.76 Å². The summed E-state index contributed by atoms with van der Waals surface area (Å²) < 4.78 is 5.30. The van der Waals surface area contributed by atoms with Gasteiger partial charge in [-0.2, -0.15) is 5.10 Å². The lowest BCUT2D eigenvalue weighted by molar-refractivity contribution is 0.0922. The number of carbonyl (C=O) groups is 1. The quantitative estimate of drug-likeness (QED) is 0.726. The lowest BCUT2D eigenvalue weighted by atomic mass is 10.1. The molecule has 1 saturated heterocycles. The van der Waals surface area contributed by atoms with Crippen LogP contribution in [0.5, 0.6) is 0 Å². The van der Waals surface area contributed by atoms with Crippen molar-refractivity contribution in [3.8, 4) is 0 Å². The van der Waals surface area contributed by atoms with Gasteiger partial charge in [0.2, 0.25) is 0 Å². The second-order valence-electron chi connectivity index (χ2n) is 7.89. The number of amides is 1. The summed E-state index contributed by atoms with van der Waals surface area (Å²) in [5, 5.41) is 15.4. The van der Waals surface area contributed by atoms with E-state index >= 15 is 0 Å². The number of H-pyrrole nitrogens is 1. The molecule has 3 heterocycles. The molecule has 7 heteroatoms. The highest BCUT2D eigenvalue weighted by molar-refractivity contribution is 5.92. The second kappa shape index (κ2) is 6.49. The predicted octanol–water partition coefficient (Wildman–Crippen LogP) is 2.68. The zero-order valence-electron chi connectivity index (χ0n) is 15.3. The summed E-state index contributed by atoms with van der Waals surface area (Å²) in [6.45, 7) is 4.81. The fourth-order valence-electron chi connectivity index (χ4n) is 3.99. The molecule has 2 unspecified atom stereocenters. The monoisotopic (exact) mass is 365 g/mol. The van der Waals surface area contributed by atoms with Crippen LogP contribution in [0.4, 0.5) is 0 Å². The van der Waals surface area contributed by atoms with E-state index in [9.17, 15) is 4.79 Å². The lowest BCUT2D eigenvalue weighted by Crippen LogP contribution is -2.40. The van der Waals surface area contributed by atoms with Crippen molar-refractivity contribution in [1.29, 1.82) is 0 Å². The number of nitrogens with zero attached hydrogens (tertiary/aromatic N) is 3. The zero-order chi connectivity index (χ0) is 18.4. The molecule has 7 nitrogen and oxygen atoms in total. The number of aromatic nitrogens is 3. The van der Waals surface area contributed by atoms with Crippen LogP contribution in [0.15, 0.2) is 35.0 Å². The van der Waals surface area contributed by atoms with Crippen LogP contribution in [0, 0.1) is 5.92 Å². The molecule has 2 N–H and O–H groups in total. The van der Waals surface area contributed by atoms with Crippen LogP contribution in [0.25, 0.3) is 10.9 Å². The molecular formula is C20H23N5O2. The number of aromatic amines is 1. The highest BCUT2D eigenvalue weighted by Crippen LogP contribution is 2.40. The lowest BCUT2D eigenvalue weighted by Gasteiger charge is -2.17. The van der Waals surface area contributed by atoms with Crippen molar-refractivity contribution in [2.24, 2.45) is 5.92 Å². The second-order valence-corrected chi connectivity index (χ2v) is 7.89. The average Bonchev–Trinajstić information content (AvgIpc) is 3.07. The van der Waals surface area contributed by atoms with Crippen molar-refractivity contribution in [3.05, 3.63) is 47.5 Å². The summed E-state index contributed by atoms with van der Waals surface area (Å²) in [6.07, 6.45) is 4.15. The minimum atomic E-state index is -0.138. The van der Waals surface area contributed by atoms with Gasteiger partial charge in [0.25, 0.3) is 5.91 Å². The molecule has 0 radical (unpaired) electrons. The molecule has 1 aliphatic carbocycles. The Labute approximate surface area is 157 Å². The molecule has 1 amide bonds. The van der Waals surface area contributed by atoms with Crippen molar-refractivity contribution in [2.75, 3.05) is 13.1 Å². The van der Waals surface area contributed by atoms with E-state index in [1.807, 2.05) is 12.3 Å². The Morgan fingerprint density at radius 1 is 1.37 bits per heavy atom. The van der Waals surface area contributed by atoms with Crippen LogP contribution < -0.4 is 5.32 Å². The summed E-state index contributed by atoms with van der Waals surface area (Å²) >= 11 is 0. The molecule has 3 aromatic rings. The third kappa shape index (κ3) is 3.23.